The van der Waals surface area contributed by atoms with Gasteiger partial charge < -0.3 is 0 Å². The van der Waals surface area contributed by atoms with E-state index in [1.165, 1.54) is 19.2 Å². The number of aromatic nitrogens is 3. The van der Waals surface area contributed by atoms with Crippen LogP contribution < -0.4 is 4.72 Å². The van der Waals surface area contributed by atoms with E-state index in [4.69, 9.17) is 34.8 Å². The van der Waals surface area contributed by atoms with E-state index in [0.29, 0.717) is 5.02 Å². The van der Waals surface area contributed by atoms with Crippen molar-refractivity contribution < 1.29 is 8.42 Å². The third-order valence-electron chi connectivity index (χ3n) is 2.23. The van der Waals surface area contributed by atoms with Gasteiger partial charge in [-0.05, 0) is 28.1 Å². The molecule has 0 spiro atoms. The van der Waals surface area contributed by atoms with Crippen LogP contribution in [0.2, 0.25) is 15.1 Å². The number of halogens is 4. The Morgan fingerprint density at radius 2 is 1.80 bits per heavy atom. The molecule has 1 aromatic heterocycles. The summed E-state index contributed by atoms with van der Waals surface area (Å²) in [6.45, 7) is 0. The molecule has 11 heteroatoms. The maximum Gasteiger partial charge on any atom is 0.282 e. The summed E-state index contributed by atoms with van der Waals surface area (Å²) < 4.78 is 28.1. The second kappa shape index (κ2) is 5.69. The molecule has 0 fully saturated rings. The summed E-state index contributed by atoms with van der Waals surface area (Å²) in [6, 6.07) is 2.76. The second-order valence-corrected chi connectivity index (χ2v) is 7.26. The van der Waals surface area contributed by atoms with E-state index in [9.17, 15) is 8.42 Å². The van der Waals surface area contributed by atoms with Gasteiger partial charge >= 0.3 is 0 Å². The highest BCUT2D eigenvalue weighted by Crippen LogP contribution is 2.35. The lowest BCUT2D eigenvalue weighted by Gasteiger charge is -2.11. The van der Waals surface area contributed by atoms with Crippen molar-refractivity contribution in [2.45, 2.75) is 5.03 Å². The highest BCUT2D eigenvalue weighted by molar-refractivity contribution is 9.10. The number of hydrogen-bond acceptors (Lipinski definition) is 4. The Morgan fingerprint density at radius 1 is 1.25 bits per heavy atom. The molecule has 0 bridgehead atoms. The molecule has 2 rings (SSSR count). The molecule has 0 saturated carbocycles. The van der Waals surface area contributed by atoms with Crippen LogP contribution in [0.3, 0.4) is 0 Å². The van der Waals surface area contributed by atoms with E-state index in [2.05, 4.69) is 31.0 Å². The molecule has 0 aliphatic heterocycles. The van der Waals surface area contributed by atoms with Gasteiger partial charge in [-0.15, -0.1) is 5.10 Å². The van der Waals surface area contributed by atoms with Gasteiger partial charge in [0.2, 0.25) is 5.03 Å². The molecule has 0 atom stereocenters. The summed E-state index contributed by atoms with van der Waals surface area (Å²) in [5.41, 5.74) is 0.0332. The molecular weight excluding hydrogens is 414 g/mol. The van der Waals surface area contributed by atoms with Gasteiger partial charge in [0.25, 0.3) is 10.0 Å². The number of anilines is 1. The Bertz CT molecular complexity index is 735. The molecule has 2 aromatic rings. The maximum atomic E-state index is 12.3. The molecule has 0 radical (unpaired) electrons. The second-order valence-electron chi connectivity index (χ2n) is 3.66. The number of rotatable bonds is 3. The van der Waals surface area contributed by atoms with E-state index in [-0.39, 0.29) is 25.4 Å². The molecule has 0 saturated heterocycles. The van der Waals surface area contributed by atoms with Crippen molar-refractivity contribution in [1.82, 2.24) is 15.0 Å². The van der Waals surface area contributed by atoms with Gasteiger partial charge in [-0.25, -0.2) is 4.68 Å². The molecule has 0 amide bonds. The Morgan fingerprint density at radius 3 is 2.25 bits per heavy atom. The average Bonchev–Trinajstić information content (AvgIpc) is 2.64. The van der Waals surface area contributed by atoms with Crippen molar-refractivity contribution in [2.75, 3.05) is 4.72 Å². The molecule has 0 aliphatic carbocycles. The predicted octanol–water partition coefficient (Wildman–Crippen LogP) is 3.34. The highest BCUT2D eigenvalue weighted by Gasteiger charge is 2.25. The van der Waals surface area contributed by atoms with E-state index < -0.39 is 10.0 Å². The number of nitrogens with zero attached hydrogens (tertiary/aromatic N) is 3. The molecule has 20 heavy (non-hydrogen) atoms. The first kappa shape index (κ1) is 15.8. The van der Waals surface area contributed by atoms with Crippen molar-refractivity contribution in [1.29, 1.82) is 0 Å². The molecule has 0 unspecified atom stereocenters. The minimum Gasteiger partial charge on any atom is -0.275 e. The van der Waals surface area contributed by atoms with Crippen LogP contribution in [0.5, 0.6) is 0 Å². The summed E-state index contributed by atoms with van der Waals surface area (Å²) in [4.78, 5) is 0. The van der Waals surface area contributed by atoms with Crippen LogP contribution in [-0.4, -0.2) is 23.4 Å². The largest absolute Gasteiger partial charge is 0.282 e. The van der Waals surface area contributed by atoms with Crippen LogP contribution >= 0.6 is 50.7 Å². The minimum absolute atomic E-state index is 0.0332. The van der Waals surface area contributed by atoms with Gasteiger partial charge in [0.1, 0.15) is 0 Å². The number of benzene rings is 1. The van der Waals surface area contributed by atoms with Gasteiger partial charge in [0.15, 0.2) is 4.60 Å². The zero-order valence-electron chi connectivity index (χ0n) is 9.73. The zero-order chi connectivity index (χ0) is 15.1. The molecule has 0 aliphatic rings. The van der Waals surface area contributed by atoms with Gasteiger partial charge in [-0.3, -0.25) is 4.72 Å². The quantitative estimate of drug-likeness (QED) is 0.826. The van der Waals surface area contributed by atoms with Gasteiger partial charge in [-0.2, -0.15) is 8.42 Å². The van der Waals surface area contributed by atoms with Crippen molar-refractivity contribution >= 4 is 66.4 Å². The fourth-order valence-corrected chi connectivity index (χ4v) is 4.65. The van der Waals surface area contributed by atoms with Gasteiger partial charge in [0.05, 0.1) is 15.7 Å². The average molecular weight is 421 g/mol. The first-order chi connectivity index (χ1) is 9.22. The van der Waals surface area contributed by atoms with Crippen LogP contribution in [-0.2, 0) is 17.1 Å². The van der Waals surface area contributed by atoms with E-state index in [1.54, 1.807) is 0 Å². The zero-order valence-corrected chi connectivity index (χ0v) is 14.4. The lowest BCUT2D eigenvalue weighted by molar-refractivity contribution is 0.578. The molecule has 1 heterocycles. The standard InChI is InChI=1S/C9H6BrCl3N4O2S/c1-17-9(8(10)14-16-17)20(18,19)15-7-5(12)2-4(11)3-6(7)13/h2-3,15H,1H3. The fraction of sp³-hybridized carbons (Fsp3) is 0.111. The Hall–Kier alpha value is -0.540. The Balaban J connectivity index is 2.50. The topological polar surface area (TPSA) is 76.9 Å². The Kier molecular flexibility index (Phi) is 4.50. The van der Waals surface area contributed by atoms with Gasteiger partial charge in [-0.1, -0.05) is 40.0 Å². The molecular formula is C9H6BrCl3N4O2S. The first-order valence-corrected chi connectivity index (χ1v) is 8.36. The van der Waals surface area contributed by atoms with Crippen LogP contribution in [0.25, 0.3) is 0 Å². The van der Waals surface area contributed by atoms with Crippen molar-refractivity contribution in [3.63, 3.8) is 0 Å². The number of nitrogens with one attached hydrogen (secondary N) is 1. The molecule has 1 aromatic carbocycles. The van der Waals surface area contributed by atoms with Crippen molar-refractivity contribution in [3.8, 4) is 0 Å². The van der Waals surface area contributed by atoms with Gasteiger partial charge in [0, 0.05) is 12.1 Å². The monoisotopic (exact) mass is 418 g/mol. The summed E-state index contributed by atoms with van der Waals surface area (Å²) >= 11 is 20.7. The van der Waals surface area contributed by atoms with Crippen molar-refractivity contribution in [2.24, 2.45) is 7.05 Å². The third kappa shape index (κ3) is 3.04. The number of hydrogen-bond donors (Lipinski definition) is 1. The van der Waals surface area contributed by atoms with Crippen molar-refractivity contribution in [3.05, 3.63) is 31.8 Å². The Labute approximate surface area is 138 Å². The maximum absolute atomic E-state index is 12.3. The van der Waals surface area contributed by atoms with Crippen LogP contribution in [0, 0.1) is 0 Å². The van der Waals surface area contributed by atoms with E-state index in [1.807, 2.05) is 0 Å². The molecule has 6 nitrogen and oxygen atoms in total. The first-order valence-electron chi connectivity index (χ1n) is 4.95. The number of aryl methyl sites for hydroxylation is 1. The minimum atomic E-state index is -3.96. The summed E-state index contributed by atoms with van der Waals surface area (Å²) in [7, 11) is -2.52. The van der Waals surface area contributed by atoms with Crippen LogP contribution in [0.15, 0.2) is 21.8 Å². The van der Waals surface area contributed by atoms with Crippen LogP contribution in [0.4, 0.5) is 5.69 Å². The highest BCUT2D eigenvalue weighted by atomic mass is 79.9. The SMILES string of the molecule is Cn1nnc(Br)c1S(=O)(=O)Nc1c(Cl)cc(Cl)cc1Cl. The summed E-state index contributed by atoms with van der Waals surface area (Å²) in [6.07, 6.45) is 0. The summed E-state index contributed by atoms with van der Waals surface area (Å²) in [5.74, 6) is 0. The molecule has 1 N–H and O–H groups in total. The fourth-order valence-electron chi connectivity index (χ4n) is 1.43. The summed E-state index contributed by atoms with van der Waals surface area (Å²) in [5, 5.41) is 7.51. The third-order valence-corrected chi connectivity index (χ3v) is 5.29. The lowest BCUT2D eigenvalue weighted by Crippen LogP contribution is -2.17. The normalized spacial score (nSPS) is 11.7. The number of sulfonamides is 1. The van der Waals surface area contributed by atoms with E-state index >= 15 is 0 Å². The lowest BCUT2D eigenvalue weighted by atomic mass is 10.3. The molecule has 108 valence electrons. The van der Waals surface area contributed by atoms with Crippen LogP contribution in [0.1, 0.15) is 0 Å². The smallest absolute Gasteiger partial charge is 0.275 e. The predicted molar refractivity (Wildman–Crippen MR) is 81.0 cm³/mol. The van der Waals surface area contributed by atoms with E-state index in [0.717, 1.165) is 4.68 Å².